The number of nitrogens with one attached hydrogen (secondary N) is 1. The van der Waals surface area contributed by atoms with Crippen molar-refractivity contribution in [1.82, 2.24) is 10.3 Å². The monoisotopic (exact) mass is 272 g/mol. The lowest BCUT2D eigenvalue weighted by Gasteiger charge is -2.14. The van der Waals surface area contributed by atoms with E-state index in [9.17, 15) is 0 Å². The minimum absolute atomic E-state index is 0.577. The van der Waals surface area contributed by atoms with Crippen LogP contribution in [0.3, 0.4) is 0 Å². The third-order valence-electron chi connectivity index (χ3n) is 2.98. The second-order valence-electron chi connectivity index (χ2n) is 4.40. The van der Waals surface area contributed by atoms with Crippen LogP contribution < -0.4 is 14.8 Å². The van der Waals surface area contributed by atoms with Crippen molar-refractivity contribution < 1.29 is 9.47 Å². The molecule has 0 unspecified atom stereocenters. The number of ether oxygens (including phenoxy) is 2. The molecule has 0 saturated carbocycles. The van der Waals surface area contributed by atoms with Gasteiger partial charge in [-0.25, -0.2) is 0 Å². The van der Waals surface area contributed by atoms with Gasteiger partial charge in [-0.3, -0.25) is 4.98 Å². The number of nitrogens with zero attached hydrogens (tertiary/aromatic N) is 1. The summed E-state index contributed by atoms with van der Waals surface area (Å²) < 4.78 is 11.3. The highest BCUT2D eigenvalue weighted by molar-refractivity contribution is 5.46. The highest BCUT2D eigenvalue weighted by Crippen LogP contribution is 2.31. The normalized spacial score (nSPS) is 10.3. The number of hydrogen-bond acceptors (Lipinski definition) is 4. The highest BCUT2D eigenvalue weighted by Gasteiger charge is 2.10. The van der Waals surface area contributed by atoms with Crippen molar-refractivity contribution in [2.45, 2.75) is 13.0 Å². The average molecular weight is 272 g/mol. The molecule has 0 spiro atoms. The Morgan fingerprint density at radius 2 is 2.05 bits per heavy atom. The molecule has 2 rings (SSSR count). The summed E-state index contributed by atoms with van der Waals surface area (Å²) in [4.78, 5) is 4.29. The van der Waals surface area contributed by atoms with Crippen LogP contribution in [0.15, 0.2) is 42.6 Å². The van der Waals surface area contributed by atoms with Gasteiger partial charge in [-0.15, -0.1) is 0 Å². The molecule has 106 valence electrons. The number of benzene rings is 1. The van der Waals surface area contributed by atoms with E-state index in [1.54, 1.807) is 13.3 Å². The van der Waals surface area contributed by atoms with E-state index in [1.807, 2.05) is 43.4 Å². The molecule has 0 atom stereocenters. The zero-order chi connectivity index (χ0) is 14.2. The molecule has 0 saturated heterocycles. The Bertz CT molecular complexity index is 529. The maximum Gasteiger partial charge on any atom is 0.165 e. The molecular formula is C16H20N2O2. The lowest BCUT2D eigenvalue weighted by atomic mass is 10.2. The molecule has 0 radical (unpaired) electrons. The molecule has 1 heterocycles. The molecule has 4 nitrogen and oxygen atoms in total. The van der Waals surface area contributed by atoms with Crippen LogP contribution in [0.5, 0.6) is 11.5 Å². The molecule has 1 aromatic heterocycles. The maximum absolute atomic E-state index is 5.91. The fourth-order valence-electron chi connectivity index (χ4n) is 2.02. The summed E-state index contributed by atoms with van der Waals surface area (Å²) in [5.74, 6) is 1.57. The van der Waals surface area contributed by atoms with Gasteiger partial charge < -0.3 is 14.8 Å². The second kappa shape index (κ2) is 7.50. The van der Waals surface area contributed by atoms with Gasteiger partial charge in [0.2, 0.25) is 0 Å². The number of pyridine rings is 1. The first-order valence-corrected chi connectivity index (χ1v) is 6.68. The molecule has 1 N–H and O–H groups in total. The summed E-state index contributed by atoms with van der Waals surface area (Å²) in [5.41, 5.74) is 2.12. The van der Waals surface area contributed by atoms with E-state index in [4.69, 9.17) is 9.47 Å². The Kier molecular flexibility index (Phi) is 5.38. The lowest BCUT2D eigenvalue weighted by Crippen LogP contribution is -2.10. The first-order chi connectivity index (χ1) is 9.85. The molecule has 1 aromatic carbocycles. The molecule has 4 heteroatoms. The fraction of sp³-hybridized carbons (Fsp3) is 0.312. The van der Waals surface area contributed by atoms with E-state index in [-0.39, 0.29) is 0 Å². The van der Waals surface area contributed by atoms with Crippen molar-refractivity contribution in [2.75, 3.05) is 20.8 Å². The van der Waals surface area contributed by atoms with Gasteiger partial charge in [0.15, 0.2) is 11.5 Å². The van der Waals surface area contributed by atoms with Gasteiger partial charge in [0, 0.05) is 30.4 Å². The van der Waals surface area contributed by atoms with Gasteiger partial charge in [-0.2, -0.15) is 0 Å². The third kappa shape index (κ3) is 3.71. The number of rotatable bonds is 7. The van der Waals surface area contributed by atoms with Crippen LogP contribution in [0.2, 0.25) is 0 Å². The maximum atomic E-state index is 5.91. The van der Waals surface area contributed by atoms with Crippen LogP contribution in [0.1, 0.15) is 11.3 Å². The van der Waals surface area contributed by atoms with Crippen LogP contribution in [0, 0.1) is 0 Å². The van der Waals surface area contributed by atoms with E-state index in [1.165, 1.54) is 0 Å². The van der Waals surface area contributed by atoms with Crippen LogP contribution in [0.25, 0.3) is 0 Å². The van der Waals surface area contributed by atoms with Crippen molar-refractivity contribution in [1.29, 1.82) is 0 Å². The Morgan fingerprint density at radius 1 is 1.15 bits per heavy atom. The zero-order valence-electron chi connectivity index (χ0n) is 11.9. The van der Waals surface area contributed by atoms with Gasteiger partial charge in [0.1, 0.15) is 0 Å². The Morgan fingerprint density at radius 3 is 2.75 bits per heavy atom. The lowest BCUT2D eigenvalue weighted by molar-refractivity contribution is 0.293. The van der Waals surface area contributed by atoms with Gasteiger partial charge in [-0.1, -0.05) is 18.2 Å². The number of aromatic nitrogens is 1. The summed E-state index contributed by atoms with van der Waals surface area (Å²) in [6, 6.07) is 11.8. The Hall–Kier alpha value is -2.07. The first kappa shape index (κ1) is 14.3. The number of methoxy groups -OCH3 is 1. The minimum Gasteiger partial charge on any atom is -0.493 e. The zero-order valence-corrected chi connectivity index (χ0v) is 11.9. The predicted octanol–water partition coefficient (Wildman–Crippen LogP) is 2.43. The highest BCUT2D eigenvalue weighted by atomic mass is 16.5. The van der Waals surface area contributed by atoms with Gasteiger partial charge in [0.25, 0.3) is 0 Å². The van der Waals surface area contributed by atoms with E-state index >= 15 is 0 Å². The summed E-state index contributed by atoms with van der Waals surface area (Å²) in [5, 5.41) is 3.14. The Balaban J connectivity index is 2.04. The van der Waals surface area contributed by atoms with Crippen molar-refractivity contribution in [3.05, 3.63) is 53.9 Å². The average Bonchev–Trinajstić information content (AvgIpc) is 2.50. The number of hydrogen-bond donors (Lipinski definition) is 1. The van der Waals surface area contributed by atoms with Crippen LogP contribution in [-0.4, -0.2) is 25.7 Å². The molecule has 0 aliphatic rings. The number of para-hydroxylation sites is 1. The molecule has 2 aromatic rings. The van der Waals surface area contributed by atoms with Gasteiger partial charge >= 0.3 is 0 Å². The smallest absolute Gasteiger partial charge is 0.165 e. The molecule has 0 aliphatic carbocycles. The minimum atomic E-state index is 0.577. The van der Waals surface area contributed by atoms with Crippen molar-refractivity contribution in [3.8, 4) is 11.5 Å². The third-order valence-corrected chi connectivity index (χ3v) is 2.98. The molecule has 0 amide bonds. The quantitative estimate of drug-likeness (QED) is 0.840. The van der Waals surface area contributed by atoms with E-state index in [0.717, 1.165) is 35.7 Å². The first-order valence-electron chi connectivity index (χ1n) is 6.68. The van der Waals surface area contributed by atoms with Gasteiger partial charge in [-0.05, 0) is 25.2 Å². The standard InChI is InChI=1S/C16H20N2O2/c1-17-12-13-6-5-8-15(19-2)16(13)20-11-9-14-7-3-4-10-18-14/h3-8,10,17H,9,11-12H2,1-2H3. The van der Waals surface area contributed by atoms with E-state index in [2.05, 4.69) is 10.3 Å². The fourth-order valence-corrected chi connectivity index (χ4v) is 2.02. The largest absolute Gasteiger partial charge is 0.493 e. The Labute approximate surface area is 119 Å². The molecule has 0 fully saturated rings. The summed E-state index contributed by atoms with van der Waals surface area (Å²) in [6.07, 6.45) is 2.57. The SMILES string of the molecule is CNCc1cccc(OC)c1OCCc1ccccn1. The molecule has 20 heavy (non-hydrogen) atoms. The van der Waals surface area contributed by atoms with E-state index in [0.29, 0.717) is 6.61 Å². The van der Waals surface area contributed by atoms with Crippen LogP contribution in [0.4, 0.5) is 0 Å². The summed E-state index contributed by atoms with van der Waals surface area (Å²) in [6.45, 7) is 1.32. The second-order valence-corrected chi connectivity index (χ2v) is 4.40. The topological polar surface area (TPSA) is 43.4 Å². The van der Waals surface area contributed by atoms with Gasteiger partial charge in [0.05, 0.1) is 13.7 Å². The van der Waals surface area contributed by atoms with Crippen LogP contribution >= 0.6 is 0 Å². The molecule has 0 aliphatic heterocycles. The van der Waals surface area contributed by atoms with Crippen molar-refractivity contribution in [2.24, 2.45) is 0 Å². The predicted molar refractivity (Wildman–Crippen MR) is 79.2 cm³/mol. The van der Waals surface area contributed by atoms with Crippen molar-refractivity contribution in [3.63, 3.8) is 0 Å². The summed E-state index contributed by atoms with van der Waals surface area (Å²) in [7, 11) is 3.57. The van der Waals surface area contributed by atoms with Crippen LogP contribution in [-0.2, 0) is 13.0 Å². The van der Waals surface area contributed by atoms with Crippen molar-refractivity contribution >= 4 is 0 Å². The summed E-state index contributed by atoms with van der Waals surface area (Å²) >= 11 is 0. The van der Waals surface area contributed by atoms with E-state index < -0.39 is 0 Å². The molecule has 0 bridgehead atoms. The molecular weight excluding hydrogens is 252 g/mol.